The molecule has 3 rings (SSSR count). The highest BCUT2D eigenvalue weighted by Gasteiger charge is 2.28. The Morgan fingerprint density at radius 3 is 2.64 bits per heavy atom. The molecular weight excluding hydrogens is 320 g/mol. The molecule has 1 aromatic rings. The molecule has 0 bridgehead atoms. The van der Waals surface area contributed by atoms with E-state index in [-0.39, 0.29) is 5.91 Å². The second-order valence-electron chi connectivity index (χ2n) is 6.54. The first-order chi connectivity index (χ1) is 12.3. The van der Waals surface area contributed by atoms with Gasteiger partial charge in [-0.25, -0.2) is 0 Å². The lowest BCUT2D eigenvalue weighted by atomic mass is 10.0. The van der Waals surface area contributed by atoms with E-state index in [1.807, 2.05) is 29.2 Å². The number of carbonyl (C=O) groups is 1. The van der Waals surface area contributed by atoms with E-state index in [2.05, 4.69) is 4.90 Å². The summed E-state index contributed by atoms with van der Waals surface area (Å²) in [5.74, 6) is 0.809. The summed E-state index contributed by atoms with van der Waals surface area (Å²) in [5.41, 5.74) is 0.694. The molecule has 0 N–H and O–H groups in total. The molecule has 0 spiro atoms. The molecular formula is C19H28N2O4. The standard InChI is InChI=1S/C19H28N2O4/c1-23-13-14-25-18-4-2-3-16(15-18)19(22)21-7-5-17(6-8-21)20-9-11-24-12-10-20/h2-4,15,17H,5-14H2,1H3. The Morgan fingerprint density at radius 2 is 1.92 bits per heavy atom. The molecule has 0 unspecified atom stereocenters. The zero-order valence-corrected chi connectivity index (χ0v) is 15.0. The molecule has 6 heteroatoms. The van der Waals surface area contributed by atoms with E-state index >= 15 is 0 Å². The number of likely N-dealkylation sites (tertiary alicyclic amines) is 1. The van der Waals surface area contributed by atoms with Crippen molar-refractivity contribution in [1.29, 1.82) is 0 Å². The van der Waals surface area contributed by atoms with Crippen LogP contribution in [0.25, 0.3) is 0 Å². The molecule has 2 heterocycles. The maximum absolute atomic E-state index is 12.8. The van der Waals surface area contributed by atoms with Gasteiger partial charge in [-0.15, -0.1) is 0 Å². The number of morpholine rings is 1. The monoisotopic (exact) mass is 348 g/mol. The second-order valence-corrected chi connectivity index (χ2v) is 6.54. The highest BCUT2D eigenvalue weighted by Crippen LogP contribution is 2.21. The van der Waals surface area contributed by atoms with Gasteiger partial charge in [0.05, 0.1) is 19.8 Å². The van der Waals surface area contributed by atoms with Crippen LogP contribution in [0, 0.1) is 0 Å². The van der Waals surface area contributed by atoms with Crippen molar-refractivity contribution in [2.75, 3.05) is 59.7 Å². The average Bonchev–Trinajstić information content (AvgIpc) is 2.69. The number of methoxy groups -OCH3 is 1. The minimum atomic E-state index is 0.0950. The van der Waals surface area contributed by atoms with E-state index in [1.54, 1.807) is 7.11 Å². The van der Waals surface area contributed by atoms with Crippen molar-refractivity contribution in [3.05, 3.63) is 29.8 Å². The summed E-state index contributed by atoms with van der Waals surface area (Å²) in [6, 6.07) is 8.01. The molecule has 0 atom stereocenters. The molecule has 1 amide bonds. The third kappa shape index (κ3) is 4.93. The van der Waals surface area contributed by atoms with Crippen LogP contribution in [0.2, 0.25) is 0 Å². The smallest absolute Gasteiger partial charge is 0.253 e. The summed E-state index contributed by atoms with van der Waals surface area (Å²) in [6.45, 7) is 6.33. The predicted octanol–water partition coefficient (Wildman–Crippen LogP) is 1.65. The number of amides is 1. The fraction of sp³-hybridized carbons (Fsp3) is 0.632. The van der Waals surface area contributed by atoms with Gasteiger partial charge in [-0.1, -0.05) is 6.07 Å². The largest absolute Gasteiger partial charge is 0.491 e. The molecule has 0 aromatic heterocycles. The number of carbonyl (C=O) groups excluding carboxylic acids is 1. The van der Waals surface area contributed by atoms with Gasteiger partial charge in [0.1, 0.15) is 12.4 Å². The van der Waals surface area contributed by atoms with Gasteiger partial charge in [0.15, 0.2) is 0 Å². The van der Waals surface area contributed by atoms with E-state index in [1.165, 1.54) is 0 Å². The molecule has 0 radical (unpaired) electrons. The van der Waals surface area contributed by atoms with E-state index in [9.17, 15) is 4.79 Å². The highest BCUT2D eigenvalue weighted by atomic mass is 16.5. The Bertz CT molecular complexity index is 552. The molecule has 6 nitrogen and oxygen atoms in total. The van der Waals surface area contributed by atoms with Gasteiger partial charge in [-0.3, -0.25) is 9.69 Å². The van der Waals surface area contributed by atoms with Crippen LogP contribution in [0.1, 0.15) is 23.2 Å². The Labute approximate surface area is 149 Å². The molecule has 138 valence electrons. The van der Waals surface area contributed by atoms with Crippen molar-refractivity contribution < 1.29 is 19.0 Å². The SMILES string of the molecule is COCCOc1cccc(C(=O)N2CCC(N3CCOCC3)CC2)c1. The molecule has 2 aliphatic rings. The van der Waals surface area contributed by atoms with Crippen LogP contribution in [-0.2, 0) is 9.47 Å². The third-order valence-corrected chi connectivity index (χ3v) is 4.95. The summed E-state index contributed by atoms with van der Waals surface area (Å²) in [4.78, 5) is 17.2. The minimum Gasteiger partial charge on any atom is -0.491 e. The van der Waals surface area contributed by atoms with E-state index in [4.69, 9.17) is 14.2 Å². The summed E-state index contributed by atoms with van der Waals surface area (Å²) < 4.78 is 16.0. The lowest BCUT2D eigenvalue weighted by Crippen LogP contribution is -2.50. The summed E-state index contributed by atoms with van der Waals surface area (Å²) in [6.07, 6.45) is 2.07. The van der Waals surface area contributed by atoms with Crippen molar-refractivity contribution in [1.82, 2.24) is 9.80 Å². The van der Waals surface area contributed by atoms with Crippen LogP contribution in [0.5, 0.6) is 5.75 Å². The molecule has 0 saturated carbocycles. The van der Waals surface area contributed by atoms with Gasteiger partial charge in [-0.05, 0) is 31.0 Å². The van der Waals surface area contributed by atoms with Gasteiger partial charge in [0.2, 0.25) is 0 Å². The zero-order chi connectivity index (χ0) is 17.5. The normalized spacial score (nSPS) is 19.8. The maximum atomic E-state index is 12.8. The first kappa shape index (κ1) is 18.2. The van der Waals surface area contributed by atoms with Crippen molar-refractivity contribution in [3.8, 4) is 5.75 Å². The van der Waals surface area contributed by atoms with Crippen LogP contribution in [-0.4, -0.2) is 81.5 Å². The van der Waals surface area contributed by atoms with E-state index < -0.39 is 0 Å². The molecule has 25 heavy (non-hydrogen) atoms. The fourth-order valence-corrected chi connectivity index (χ4v) is 3.52. The van der Waals surface area contributed by atoms with E-state index in [0.717, 1.165) is 52.2 Å². The van der Waals surface area contributed by atoms with Gasteiger partial charge in [0, 0.05) is 44.9 Å². The van der Waals surface area contributed by atoms with Gasteiger partial charge < -0.3 is 19.1 Å². The van der Waals surface area contributed by atoms with Gasteiger partial charge in [0.25, 0.3) is 5.91 Å². The Kier molecular flexibility index (Phi) is 6.67. The first-order valence-electron chi connectivity index (χ1n) is 9.11. The molecule has 0 aliphatic carbocycles. The number of hydrogen-bond acceptors (Lipinski definition) is 5. The summed E-state index contributed by atoms with van der Waals surface area (Å²) in [7, 11) is 1.64. The lowest BCUT2D eigenvalue weighted by molar-refractivity contribution is 0.00158. The summed E-state index contributed by atoms with van der Waals surface area (Å²) in [5, 5.41) is 0. The number of benzene rings is 1. The molecule has 2 saturated heterocycles. The van der Waals surface area contributed by atoms with Crippen LogP contribution in [0.4, 0.5) is 0 Å². The third-order valence-electron chi connectivity index (χ3n) is 4.95. The second kappa shape index (κ2) is 9.17. The fourth-order valence-electron chi connectivity index (χ4n) is 3.52. The first-order valence-corrected chi connectivity index (χ1v) is 9.11. The van der Waals surface area contributed by atoms with Crippen molar-refractivity contribution >= 4 is 5.91 Å². The van der Waals surface area contributed by atoms with Crippen LogP contribution in [0.15, 0.2) is 24.3 Å². The van der Waals surface area contributed by atoms with Crippen molar-refractivity contribution in [2.24, 2.45) is 0 Å². The Balaban J connectivity index is 1.52. The summed E-state index contributed by atoms with van der Waals surface area (Å²) >= 11 is 0. The number of rotatable bonds is 6. The van der Waals surface area contributed by atoms with Crippen molar-refractivity contribution in [3.63, 3.8) is 0 Å². The highest BCUT2D eigenvalue weighted by molar-refractivity contribution is 5.94. The Hall–Kier alpha value is -1.63. The van der Waals surface area contributed by atoms with Crippen LogP contribution >= 0.6 is 0 Å². The average molecular weight is 348 g/mol. The van der Waals surface area contributed by atoms with Crippen LogP contribution in [0.3, 0.4) is 0 Å². The molecule has 1 aromatic carbocycles. The van der Waals surface area contributed by atoms with Gasteiger partial charge >= 0.3 is 0 Å². The topological polar surface area (TPSA) is 51.2 Å². The minimum absolute atomic E-state index is 0.0950. The number of hydrogen-bond donors (Lipinski definition) is 0. The number of piperidine rings is 1. The zero-order valence-electron chi connectivity index (χ0n) is 15.0. The number of nitrogens with zero attached hydrogens (tertiary/aromatic N) is 2. The maximum Gasteiger partial charge on any atom is 0.253 e. The molecule has 2 fully saturated rings. The van der Waals surface area contributed by atoms with Gasteiger partial charge in [-0.2, -0.15) is 0 Å². The Morgan fingerprint density at radius 1 is 1.16 bits per heavy atom. The predicted molar refractivity (Wildman–Crippen MR) is 95.1 cm³/mol. The van der Waals surface area contributed by atoms with E-state index in [0.29, 0.717) is 30.6 Å². The number of ether oxygens (including phenoxy) is 3. The van der Waals surface area contributed by atoms with Crippen molar-refractivity contribution in [2.45, 2.75) is 18.9 Å². The molecule has 2 aliphatic heterocycles. The lowest BCUT2D eigenvalue weighted by Gasteiger charge is -2.40. The quantitative estimate of drug-likeness (QED) is 0.732. The van der Waals surface area contributed by atoms with Crippen LogP contribution < -0.4 is 4.74 Å².